The van der Waals surface area contributed by atoms with Gasteiger partial charge in [-0.3, -0.25) is 4.79 Å². The maximum atomic E-state index is 13.5. The lowest BCUT2D eigenvalue weighted by Crippen LogP contribution is -2.42. The molecule has 6 nitrogen and oxygen atoms in total. The standard InChI is InChI=1S/C23H21ClN4O2S/c1-15-11-19(20-12-25-28(22(20)26-15)13-18-3-2-10-31-18)23(29)27-8-9-30-21(14-27)16-4-6-17(24)7-5-16/h2-7,10-12,21H,8-9,13-14H2,1H3. The molecule has 1 saturated heterocycles. The Morgan fingerprint density at radius 3 is 2.90 bits per heavy atom. The molecule has 5 rings (SSSR count). The van der Waals surface area contributed by atoms with Gasteiger partial charge in [0.25, 0.3) is 5.91 Å². The molecule has 8 heteroatoms. The average Bonchev–Trinajstić information content (AvgIpc) is 3.44. The number of halogens is 1. The maximum absolute atomic E-state index is 13.5. The van der Waals surface area contributed by atoms with E-state index in [9.17, 15) is 4.79 Å². The molecular formula is C23H21ClN4O2S. The number of hydrogen-bond acceptors (Lipinski definition) is 5. The molecule has 1 fully saturated rings. The number of morpholine rings is 1. The second kappa shape index (κ2) is 8.42. The number of nitrogens with zero attached hydrogens (tertiary/aromatic N) is 4. The Morgan fingerprint density at radius 1 is 1.29 bits per heavy atom. The second-order valence-corrected chi connectivity index (χ2v) is 9.06. The zero-order valence-electron chi connectivity index (χ0n) is 17.0. The molecule has 1 aliphatic rings. The van der Waals surface area contributed by atoms with E-state index in [0.29, 0.717) is 36.8 Å². The Labute approximate surface area is 189 Å². The van der Waals surface area contributed by atoms with Crippen molar-refractivity contribution in [1.29, 1.82) is 0 Å². The summed E-state index contributed by atoms with van der Waals surface area (Å²) in [6.07, 6.45) is 1.58. The Kier molecular flexibility index (Phi) is 5.48. The first-order chi connectivity index (χ1) is 15.1. The Bertz CT molecular complexity index is 1220. The molecule has 1 aromatic carbocycles. The van der Waals surface area contributed by atoms with Gasteiger partial charge in [0, 0.05) is 22.1 Å². The van der Waals surface area contributed by atoms with E-state index >= 15 is 0 Å². The van der Waals surface area contributed by atoms with E-state index in [0.717, 1.165) is 22.3 Å². The molecule has 0 aliphatic carbocycles. The van der Waals surface area contributed by atoms with Crippen LogP contribution >= 0.6 is 22.9 Å². The summed E-state index contributed by atoms with van der Waals surface area (Å²) in [7, 11) is 0. The van der Waals surface area contributed by atoms with Crippen LogP contribution in [-0.4, -0.2) is 45.3 Å². The highest BCUT2D eigenvalue weighted by molar-refractivity contribution is 7.09. The monoisotopic (exact) mass is 452 g/mol. The van der Waals surface area contributed by atoms with Gasteiger partial charge in [-0.25, -0.2) is 9.67 Å². The highest BCUT2D eigenvalue weighted by Gasteiger charge is 2.28. The van der Waals surface area contributed by atoms with Crippen molar-refractivity contribution in [2.75, 3.05) is 19.7 Å². The number of fused-ring (bicyclic) bond motifs is 1. The normalized spacial score (nSPS) is 16.7. The van der Waals surface area contributed by atoms with E-state index in [4.69, 9.17) is 16.3 Å². The topological polar surface area (TPSA) is 60.3 Å². The number of hydrogen-bond donors (Lipinski definition) is 0. The molecule has 1 amide bonds. The number of thiophene rings is 1. The van der Waals surface area contributed by atoms with E-state index in [-0.39, 0.29) is 12.0 Å². The zero-order valence-corrected chi connectivity index (χ0v) is 18.6. The molecule has 0 bridgehead atoms. The van der Waals surface area contributed by atoms with Crippen molar-refractivity contribution in [3.63, 3.8) is 0 Å². The SMILES string of the molecule is Cc1cc(C(=O)N2CCOC(c3ccc(Cl)cc3)C2)c2cnn(Cc3cccs3)c2n1. The van der Waals surface area contributed by atoms with Crippen molar-refractivity contribution in [1.82, 2.24) is 19.7 Å². The predicted octanol–water partition coefficient (Wildman–Crippen LogP) is 4.72. The average molecular weight is 453 g/mol. The molecule has 31 heavy (non-hydrogen) atoms. The molecule has 1 aliphatic heterocycles. The van der Waals surface area contributed by atoms with Crippen LogP contribution in [0.25, 0.3) is 11.0 Å². The highest BCUT2D eigenvalue weighted by Crippen LogP contribution is 2.27. The minimum Gasteiger partial charge on any atom is -0.370 e. The van der Waals surface area contributed by atoms with Gasteiger partial charge in [-0.1, -0.05) is 29.8 Å². The first kappa shape index (κ1) is 20.2. The van der Waals surface area contributed by atoms with Crippen molar-refractivity contribution in [2.24, 2.45) is 0 Å². The van der Waals surface area contributed by atoms with Gasteiger partial charge in [0.2, 0.25) is 0 Å². The number of aryl methyl sites for hydroxylation is 1. The van der Waals surface area contributed by atoms with E-state index in [1.54, 1.807) is 17.5 Å². The fourth-order valence-electron chi connectivity index (χ4n) is 3.90. The van der Waals surface area contributed by atoms with Gasteiger partial charge in [0.1, 0.15) is 6.10 Å². The molecule has 4 heterocycles. The van der Waals surface area contributed by atoms with E-state index in [1.807, 2.05) is 58.3 Å². The molecule has 0 radical (unpaired) electrons. The maximum Gasteiger partial charge on any atom is 0.254 e. The van der Waals surface area contributed by atoms with Crippen LogP contribution in [0.1, 0.15) is 32.6 Å². The minimum absolute atomic E-state index is 0.0200. The van der Waals surface area contributed by atoms with Crippen LogP contribution in [0.4, 0.5) is 0 Å². The summed E-state index contributed by atoms with van der Waals surface area (Å²) in [6.45, 7) is 4.08. The summed E-state index contributed by atoms with van der Waals surface area (Å²) in [5, 5.41) is 8.03. The van der Waals surface area contributed by atoms with Gasteiger partial charge in [0.15, 0.2) is 5.65 Å². The minimum atomic E-state index is -0.171. The van der Waals surface area contributed by atoms with E-state index in [1.165, 1.54) is 4.88 Å². The summed E-state index contributed by atoms with van der Waals surface area (Å²) in [6, 6.07) is 13.5. The summed E-state index contributed by atoms with van der Waals surface area (Å²) in [4.78, 5) is 21.2. The molecule has 0 spiro atoms. The fraction of sp³-hybridized carbons (Fsp3) is 0.261. The molecular weight excluding hydrogens is 432 g/mol. The number of benzene rings is 1. The van der Waals surface area contributed by atoms with Crippen molar-refractivity contribution in [3.05, 3.63) is 80.8 Å². The summed E-state index contributed by atoms with van der Waals surface area (Å²) < 4.78 is 7.79. The van der Waals surface area contributed by atoms with Crippen molar-refractivity contribution >= 4 is 39.9 Å². The summed E-state index contributed by atoms with van der Waals surface area (Å²) in [5.74, 6) is -0.0200. The summed E-state index contributed by atoms with van der Waals surface area (Å²) in [5.41, 5.74) is 3.18. The highest BCUT2D eigenvalue weighted by atomic mass is 35.5. The number of ether oxygens (including phenoxy) is 1. The molecule has 4 aromatic rings. The number of rotatable bonds is 4. The van der Waals surface area contributed by atoms with Crippen LogP contribution in [0.15, 0.2) is 54.0 Å². The predicted molar refractivity (Wildman–Crippen MR) is 122 cm³/mol. The Hall–Kier alpha value is -2.74. The number of pyridine rings is 1. The molecule has 0 saturated carbocycles. The third kappa shape index (κ3) is 4.08. The van der Waals surface area contributed by atoms with Crippen LogP contribution in [0, 0.1) is 6.92 Å². The smallest absolute Gasteiger partial charge is 0.254 e. The van der Waals surface area contributed by atoms with Crippen LogP contribution in [0.2, 0.25) is 5.02 Å². The molecule has 3 aromatic heterocycles. The number of carbonyl (C=O) groups excluding carboxylic acids is 1. The summed E-state index contributed by atoms with van der Waals surface area (Å²) >= 11 is 7.69. The largest absolute Gasteiger partial charge is 0.370 e. The van der Waals surface area contributed by atoms with Gasteiger partial charge in [-0.15, -0.1) is 11.3 Å². The fourth-order valence-corrected chi connectivity index (χ4v) is 4.71. The lowest BCUT2D eigenvalue weighted by atomic mass is 10.1. The molecule has 1 atom stereocenters. The van der Waals surface area contributed by atoms with Crippen LogP contribution < -0.4 is 0 Å². The number of carbonyl (C=O) groups is 1. The Balaban J connectivity index is 1.43. The van der Waals surface area contributed by atoms with Crippen LogP contribution in [0.5, 0.6) is 0 Å². The van der Waals surface area contributed by atoms with Gasteiger partial charge >= 0.3 is 0 Å². The van der Waals surface area contributed by atoms with Crippen molar-refractivity contribution in [3.8, 4) is 0 Å². The van der Waals surface area contributed by atoms with Crippen LogP contribution in [0.3, 0.4) is 0 Å². The quantitative estimate of drug-likeness (QED) is 0.449. The molecule has 0 N–H and O–H groups in total. The van der Waals surface area contributed by atoms with Gasteiger partial charge in [0.05, 0.1) is 36.8 Å². The van der Waals surface area contributed by atoms with Gasteiger partial charge in [-0.05, 0) is 42.1 Å². The molecule has 1 unspecified atom stereocenters. The third-order valence-corrected chi connectivity index (χ3v) is 6.56. The van der Waals surface area contributed by atoms with E-state index in [2.05, 4.69) is 16.1 Å². The van der Waals surface area contributed by atoms with E-state index < -0.39 is 0 Å². The zero-order chi connectivity index (χ0) is 21.4. The van der Waals surface area contributed by atoms with Crippen LogP contribution in [-0.2, 0) is 11.3 Å². The lowest BCUT2D eigenvalue weighted by molar-refractivity contribution is -0.0227. The second-order valence-electron chi connectivity index (χ2n) is 7.59. The number of aromatic nitrogens is 3. The molecule has 158 valence electrons. The first-order valence-electron chi connectivity index (χ1n) is 10.1. The first-order valence-corrected chi connectivity index (χ1v) is 11.4. The van der Waals surface area contributed by atoms with Crippen molar-refractivity contribution < 1.29 is 9.53 Å². The Morgan fingerprint density at radius 2 is 2.13 bits per heavy atom. The van der Waals surface area contributed by atoms with Crippen molar-refractivity contribution in [2.45, 2.75) is 19.6 Å². The van der Waals surface area contributed by atoms with Gasteiger partial charge in [-0.2, -0.15) is 5.10 Å². The lowest BCUT2D eigenvalue weighted by Gasteiger charge is -2.33. The van der Waals surface area contributed by atoms with Gasteiger partial charge < -0.3 is 9.64 Å². The third-order valence-electron chi connectivity index (χ3n) is 5.45. The number of amides is 1.